The highest BCUT2D eigenvalue weighted by Crippen LogP contribution is 2.32. The summed E-state index contributed by atoms with van der Waals surface area (Å²) in [6.07, 6.45) is 1.68. The van der Waals surface area contributed by atoms with Gasteiger partial charge in [-0.2, -0.15) is 4.98 Å². The number of anilines is 1. The van der Waals surface area contributed by atoms with Crippen LogP contribution in [0.25, 0.3) is 11.4 Å². The number of carbonyl (C=O) groups excluding carboxylic acids is 1. The van der Waals surface area contributed by atoms with Crippen molar-refractivity contribution < 1.29 is 9.32 Å². The van der Waals surface area contributed by atoms with Crippen molar-refractivity contribution in [2.75, 3.05) is 11.9 Å². The standard InChI is InChI=1S/C20H19ClN4O2/c1-13-7-9-16(10-8-13)22-20(26)25-11-3-6-17(25)19-23-18(24-27-19)14-4-2-5-15(21)12-14/h2,4-5,7-10,12,17H,3,6,11H2,1H3,(H,22,26). The number of amides is 2. The van der Waals surface area contributed by atoms with Crippen LogP contribution >= 0.6 is 11.6 Å². The minimum atomic E-state index is -0.226. The molecule has 1 saturated heterocycles. The molecule has 3 aromatic rings. The maximum absolute atomic E-state index is 12.7. The Bertz CT molecular complexity index is 955. The van der Waals surface area contributed by atoms with Gasteiger partial charge in [0, 0.05) is 22.8 Å². The van der Waals surface area contributed by atoms with Crippen LogP contribution in [0.5, 0.6) is 0 Å². The summed E-state index contributed by atoms with van der Waals surface area (Å²) in [5.41, 5.74) is 2.69. The Balaban J connectivity index is 1.51. The van der Waals surface area contributed by atoms with Crippen LogP contribution in [-0.2, 0) is 0 Å². The Morgan fingerprint density at radius 2 is 2.07 bits per heavy atom. The van der Waals surface area contributed by atoms with Gasteiger partial charge in [-0.1, -0.05) is 46.6 Å². The van der Waals surface area contributed by atoms with Crippen molar-refractivity contribution in [1.82, 2.24) is 15.0 Å². The molecule has 2 aromatic carbocycles. The third-order valence-corrected chi connectivity index (χ3v) is 4.86. The molecule has 1 unspecified atom stereocenters. The summed E-state index contributed by atoms with van der Waals surface area (Å²) >= 11 is 6.03. The molecular formula is C20H19ClN4O2. The van der Waals surface area contributed by atoms with Crippen LogP contribution in [0.2, 0.25) is 5.02 Å². The van der Waals surface area contributed by atoms with Gasteiger partial charge in [0.2, 0.25) is 11.7 Å². The van der Waals surface area contributed by atoms with Gasteiger partial charge in [-0.15, -0.1) is 0 Å². The number of hydrogen-bond donors (Lipinski definition) is 1. The summed E-state index contributed by atoms with van der Waals surface area (Å²) in [7, 11) is 0. The number of hydrogen-bond acceptors (Lipinski definition) is 4. The third kappa shape index (κ3) is 3.80. The largest absolute Gasteiger partial charge is 0.337 e. The molecule has 2 amide bonds. The molecule has 1 N–H and O–H groups in total. The number of carbonyl (C=O) groups is 1. The molecule has 1 atom stereocenters. The van der Waals surface area contributed by atoms with Crippen LogP contribution in [0.3, 0.4) is 0 Å². The molecule has 4 rings (SSSR count). The van der Waals surface area contributed by atoms with Gasteiger partial charge in [-0.25, -0.2) is 4.79 Å². The van der Waals surface area contributed by atoms with Crippen molar-refractivity contribution in [2.45, 2.75) is 25.8 Å². The van der Waals surface area contributed by atoms with E-state index in [1.807, 2.05) is 43.3 Å². The highest BCUT2D eigenvalue weighted by molar-refractivity contribution is 6.30. The normalized spacial score (nSPS) is 16.5. The van der Waals surface area contributed by atoms with E-state index < -0.39 is 0 Å². The minimum absolute atomic E-state index is 0.163. The lowest BCUT2D eigenvalue weighted by molar-refractivity contribution is 0.193. The summed E-state index contributed by atoms with van der Waals surface area (Å²) in [6.45, 7) is 2.66. The van der Waals surface area contributed by atoms with Gasteiger partial charge in [-0.3, -0.25) is 0 Å². The van der Waals surface area contributed by atoms with Crippen molar-refractivity contribution in [3.63, 3.8) is 0 Å². The quantitative estimate of drug-likeness (QED) is 0.686. The molecule has 2 heterocycles. The zero-order valence-electron chi connectivity index (χ0n) is 14.9. The Morgan fingerprint density at radius 1 is 1.26 bits per heavy atom. The molecule has 138 valence electrons. The van der Waals surface area contributed by atoms with Crippen molar-refractivity contribution >= 4 is 23.3 Å². The lowest BCUT2D eigenvalue weighted by atomic mass is 10.2. The highest BCUT2D eigenvalue weighted by Gasteiger charge is 2.34. The van der Waals surface area contributed by atoms with Crippen LogP contribution in [0.15, 0.2) is 53.1 Å². The summed E-state index contributed by atoms with van der Waals surface area (Å²) in [4.78, 5) is 19.0. The molecular weight excluding hydrogens is 364 g/mol. The van der Waals surface area contributed by atoms with Crippen molar-refractivity contribution in [1.29, 1.82) is 0 Å². The SMILES string of the molecule is Cc1ccc(NC(=O)N2CCCC2c2nc(-c3cccc(Cl)c3)no2)cc1. The monoisotopic (exact) mass is 382 g/mol. The summed E-state index contributed by atoms with van der Waals surface area (Å²) in [5, 5.41) is 7.60. The maximum Gasteiger partial charge on any atom is 0.322 e. The number of likely N-dealkylation sites (tertiary alicyclic amines) is 1. The van der Waals surface area contributed by atoms with Crippen LogP contribution in [-0.4, -0.2) is 27.6 Å². The van der Waals surface area contributed by atoms with E-state index in [4.69, 9.17) is 16.1 Å². The van der Waals surface area contributed by atoms with E-state index in [9.17, 15) is 4.79 Å². The van der Waals surface area contributed by atoms with Gasteiger partial charge in [0.15, 0.2) is 0 Å². The van der Waals surface area contributed by atoms with Crippen LogP contribution in [0, 0.1) is 6.92 Å². The topological polar surface area (TPSA) is 71.3 Å². The van der Waals surface area contributed by atoms with Gasteiger partial charge in [0.05, 0.1) is 0 Å². The Hall–Kier alpha value is -2.86. The summed E-state index contributed by atoms with van der Waals surface area (Å²) in [6, 6.07) is 14.6. The van der Waals surface area contributed by atoms with Crippen LogP contribution in [0.1, 0.15) is 30.3 Å². The number of rotatable bonds is 3. The van der Waals surface area contributed by atoms with E-state index in [0.29, 0.717) is 23.3 Å². The first-order valence-electron chi connectivity index (χ1n) is 8.84. The fraction of sp³-hybridized carbons (Fsp3) is 0.250. The van der Waals surface area contributed by atoms with E-state index in [1.165, 1.54) is 0 Å². The molecule has 0 spiro atoms. The molecule has 1 aromatic heterocycles. The first-order valence-corrected chi connectivity index (χ1v) is 9.22. The maximum atomic E-state index is 12.7. The first-order chi connectivity index (χ1) is 13.1. The Kier molecular flexibility index (Phi) is 4.81. The molecule has 0 saturated carbocycles. The van der Waals surface area contributed by atoms with E-state index in [1.54, 1.807) is 17.0 Å². The third-order valence-electron chi connectivity index (χ3n) is 4.63. The van der Waals surface area contributed by atoms with Crippen LogP contribution in [0.4, 0.5) is 10.5 Å². The zero-order chi connectivity index (χ0) is 18.8. The van der Waals surface area contributed by atoms with Crippen LogP contribution < -0.4 is 5.32 Å². The highest BCUT2D eigenvalue weighted by atomic mass is 35.5. The summed E-state index contributed by atoms with van der Waals surface area (Å²) < 4.78 is 5.46. The van der Waals surface area contributed by atoms with Gasteiger partial charge in [-0.05, 0) is 44.0 Å². The number of benzene rings is 2. The lowest BCUT2D eigenvalue weighted by Gasteiger charge is -2.22. The average molecular weight is 383 g/mol. The number of nitrogens with one attached hydrogen (secondary N) is 1. The van der Waals surface area contributed by atoms with Crippen molar-refractivity contribution in [3.05, 3.63) is 65.0 Å². The molecule has 0 radical (unpaired) electrons. The molecule has 1 fully saturated rings. The second kappa shape index (κ2) is 7.40. The van der Waals surface area contributed by atoms with Crippen molar-refractivity contribution in [3.8, 4) is 11.4 Å². The number of nitrogens with zero attached hydrogens (tertiary/aromatic N) is 3. The number of halogens is 1. The number of urea groups is 1. The molecule has 7 heteroatoms. The number of aryl methyl sites for hydroxylation is 1. The molecule has 1 aliphatic heterocycles. The molecule has 0 bridgehead atoms. The smallest absolute Gasteiger partial charge is 0.322 e. The second-order valence-corrected chi connectivity index (χ2v) is 7.05. The Labute approximate surface area is 162 Å². The van der Waals surface area contributed by atoms with Gasteiger partial charge < -0.3 is 14.7 Å². The summed E-state index contributed by atoms with van der Waals surface area (Å²) in [5.74, 6) is 0.917. The van der Waals surface area contributed by atoms with E-state index >= 15 is 0 Å². The van der Waals surface area contributed by atoms with E-state index in [0.717, 1.165) is 29.7 Å². The zero-order valence-corrected chi connectivity index (χ0v) is 15.6. The molecule has 0 aliphatic carbocycles. The minimum Gasteiger partial charge on any atom is -0.337 e. The average Bonchev–Trinajstić information content (AvgIpc) is 3.33. The predicted molar refractivity (Wildman–Crippen MR) is 104 cm³/mol. The van der Waals surface area contributed by atoms with Crippen molar-refractivity contribution in [2.24, 2.45) is 0 Å². The first kappa shape index (κ1) is 17.5. The molecule has 27 heavy (non-hydrogen) atoms. The predicted octanol–water partition coefficient (Wildman–Crippen LogP) is 5.07. The van der Waals surface area contributed by atoms with Gasteiger partial charge >= 0.3 is 6.03 Å². The second-order valence-electron chi connectivity index (χ2n) is 6.61. The number of aromatic nitrogens is 2. The van der Waals surface area contributed by atoms with Gasteiger partial charge in [0.1, 0.15) is 6.04 Å². The van der Waals surface area contributed by atoms with Gasteiger partial charge in [0.25, 0.3) is 0 Å². The fourth-order valence-electron chi connectivity index (χ4n) is 3.21. The fourth-order valence-corrected chi connectivity index (χ4v) is 3.40. The Morgan fingerprint density at radius 3 is 2.85 bits per heavy atom. The van der Waals surface area contributed by atoms with E-state index in [-0.39, 0.29) is 12.1 Å². The lowest BCUT2D eigenvalue weighted by Crippen LogP contribution is -2.34. The molecule has 6 nitrogen and oxygen atoms in total. The van der Waals surface area contributed by atoms with E-state index in [2.05, 4.69) is 15.5 Å². The molecule has 1 aliphatic rings.